The number of benzene rings is 20. The van der Waals surface area contributed by atoms with E-state index in [1.54, 1.807) is 60.7 Å². The number of rotatable bonds is 26. The van der Waals surface area contributed by atoms with Gasteiger partial charge in [-0.2, -0.15) is 0 Å². The Kier molecular flexibility index (Phi) is 30.9. The van der Waals surface area contributed by atoms with Gasteiger partial charge in [-0.3, -0.25) is 30.6 Å². The molecule has 6 amide bonds. The third-order valence-corrected chi connectivity index (χ3v) is 24.4. The standard InChI is InChI=1S/2C36H28N2O4.C29H23N3O3.C22H20N2O4/c1-23-8-6-12-28(18-23)37-36(41)38-29-13-7-9-24(19-29)22-42-32-17-16-25-10-2-4-14-30(25)33(32)34-31-15-5-3-11-26(31)20-27(21-39)35(34)40;1-23-13-16-28(17-14-23)37-36(41)38-29-10-6-7-24(19-29)22-42-32-18-15-25-8-2-4-11-30(25)33(32)34-31-12-5-3-9-26(31)20-27(21-39)35(34)40;30-29(31)32-22-9-5-6-18(14-22)17-35-25-13-12-19-7-1-3-10-23(19)26(25)27-24-11-4-2-8-20(24)15-21(16-33)28(27)34;1-15(28-21-12-6-11-20(26)19(21)14-25)16-7-5-10-18(13-16)24-22(27)23-17-8-3-2-4-9-17/h2*2-21,40H,22H2,1H3,(H2,37,38,41);1-16,34H,17H2,(H4,30,31,32);2-15,26H,1H3,(H2,23,24,27)/p+1. The number of phenols is 4. The van der Waals surface area contributed by atoms with Crippen molar-refractivity contribution in [2.75, 3.05) is 31.9 Å². The first-order valence-electron chi connectivity index (χ1n) is 47.0. The molecule has 0 fully saturated rings. The summed E-state index contributed by atoms with van der Waals surface area (Å²) in [5, 5.41) is 71.2. The predicted octanol–water partition coefficient (Wildman–Crippen LogP) is 26.2. The molecule has 0 heterocycles. The lowest BCUT2D eigenvalue weighted by molar-refractivity contribution is -0.356. The fourth-order valence-electron chi connectivity index (χ4n) is 17.5. The van der Waals surface area contributed by atoms with Crippen LogP contribution in [0.4, 0.5) is 54.2 Å². The number of amides is 6. The number of phenolic OH excluding ortho intramolecular Hbond substituents is 4. The molecule has 0 aliphatic heterocycles. The normalized spacial score (nSPS) is 11.0. The van der Waals surface area contributed by atoms with Crippen molar-refractivity contribution in [1.29, 1.82) is 0 Å². The van der Waals surface area contributed by atoms with E-state index in [4.69, 9.17) is 30.4 Å². The zero-order valence-corrected chi connectivity index (χ0v) is 80.0. The number of para-hydroxylation sites is 1. The molecule has 20 rings (SSSR count). The number of aldehydes is 4. The number of hydrogen-bond acceptors (Lipinski definition) is 15. The van der Waals surface area contributed by atoms with Gasteiger partial charge in [0.1, 0.15) is 71.9 Å². The molecule has 0 saturated heterocycles. The van der Waals surface area contributed by atoms with E-state index >= 15 is 0 Å². The summed E-state index contributed by atoms with van der Waals surface area (Å²) in [4.78, 5) is 87.1. The molecule has 0 saturated carbocycles. The maximum Gasteiger partial charge on any atom is 0.343 e. The first-order chi connectivity index (χ1) is 71.6. The molecule has 147 heavy (non-hydrogen) atoms. The van der Waals surface area contributed by atoms with Crippen LogP contribution in [0.25, 0.3) is 98.0 Å². The lowest BCUT2D eigenvalue weighted by Crippen LogP contribution is -2.72. The molecular weight excluding hydrogens is 1840 g/mol. The predicted molar refractivity (Wildman–Crippen MR) is 584 cm³/mol. The van der Waals surface area contributed by atoms with Gasteiger partial charge in [0.25, 0.3) is 0 Å². The van der Waals surface area contributed by atoms with Crippen LogP contribution in [-0.2, 0) is 19.8 Å². The second kappa shape index (κ2) is 46.0. The van der Waals surface area contributed by atoms with E-state index in [0.717, 1.165) is 109 Å². The Morgan fingerprint density at radius 1 is 0.299 bits per heavy atom. The lowest BCUT2D eigenvalue weighted by Gasteiger charge is -2.18. The molecule has 0 aromatic heterocycles. The van der Waals surface area contributed by atoms with Crippen molar-refractivity contribution < 1.29 is 77.9 Å². The highest BCUT2D eigenvalue weighted by Gasteiger charge is 2.27. The van der Waals surface area contributed by atoms with E-state index < -0.39 is 6.10 Å². The van der Waals surface area contributed by atoms with Gasteiger partial charge in [-0.05, 0) is 247 Å². The number of aryl methyl sites for hydroxylation is 2. The molecule has 0 spiro atoms. The summed E-state index contributed by atoms with van der Waals surface area (Å²) < 4.78 is 25.0. The topological polar surface area (TPSA) is 376 Å². The van der Waals surface area contributed by atoms with E-state index in [1.165, 1.54) is 6.07 Å². The van der Waals surface area contributed by atoms with Crippen LogP contribution >= 0.6 is 0 Å². The van der Waals surface area contributed by atoms with Gasteiger partial charge in [0.15, 0.2) is 25.1 Å². The van der Waals surface area contributed by atoms with Crippen LogP contribution < -0.4 is 67.3 Å². The molecule has 24 nitrogen and oxygen atoms in total. The molecule has 1 unspecified atom stereocenters. The van der Waals surface area contributed by atoms with E-state index in [-0.39, 0.29) is 89.1 Å². The highest BCUT2D eigenvalue weighted by molar-refractivity contribution is 6.16. The van der Waals surface area contributed by atoms with Crippen LogP contribution in [0.3, 0.4) is 0 Å². The first-order valence-corrected chi connectivity index (χ1v) is 47.0. The smallest absolute Gasteiger partial charge is 0.343 e. The number of urea groups is 3. The van der Waals surface area contributed by atoms with Gasteiger partial charge in [0.2, 0.25) is 0 Å². The summed E-state index contributed by atoms with van der Waals surface area (Å²) in [6.07, 6.45) is 2.17. The van der Waals surface area contributed by atoms with Gasteiger partial charge in [0, 0.05) is 67.5 Å². The molecule has 15 N–H and O–H groups in total. The van der Waals surface area contributed by atoms with E-state index in [2.05, 4.69) is 36.9 Å². The Labute approximate surface area is 845 Å². The average Bonchev–Trinajstić information content (AvgIpc) is 0.753. The van der Waals surface area contributed by atoms with Crippen molar-refractivity contribution in [3.05, 3.63) is 450 Å². The quantitative estimate of drug-likeness (QED) is 0.0136. The summed E-state index contributed by atoms with van der Waals surface area (Å²) in [6.45, 7) is 6.49. The van der Waals surface area contributed by atoms with Crippen LogP contribution in [-0.4, -0.2) is 69.6 Å². The zero-order chi connectivity index (χ0) is 102. The Balaban J connectivity index is 0.000000135. The second-order valence-electron chi connectivity index (χ2n) is 34.6. The van der Waals surface area contributed by atoms with Crippen molar-refractivity contribution in [2.45, 2.75) is 46.7 Å². The molecule has 726 valence electrons. The summed E-state index contributed by atoms with van der Waals surface area (Å²) in [5.74, 6) is 1.75. The minimum atomic E-state index is -0.403. The fourth-order valence-corrected chi connectivity index (χ4v) is 17.5. The number of nitrogens with two attached hydrogens (primary N) is 2. The largest absolute Gasteiger partial charge is 0.507 e. The molecular formula is C123H100N9O15+. The van der Waals surface area contributed by atoms with Gasteiger partial charge >= 0.3 is 24.1 Å². The van der Waals surface area contributed by atoms with Gasteiger partial charge in [-0.15, -0.1) is 0 Å². The first kappa shape index (κ1) is 98.7. The number of ether oxygens (including phenoxy) is 4. The Bertz CT molecular complexity index is 8400. The number of carbonyl (C=O) groups excluding carboxylic acids is 7. The van der Waals surface area contributed by atoms with E-state index in [9.17, 15) is 54.0 Å². The maximum absolute atomic E-state index is 12.6. The van der Waals surface area contributed by atoms with Crippen molar-refractivity contribution in [2.24, 2.45) is 11.5 Å². The highest BCUT2D eigenvalue weighted by atomic mass is 16.5. The molecule has 1 atom stereocenters. The van der Waals surface area contributed by atoms with Crippen LogP contribution in [0.2, 0.25) is 0 Å². The number of fused-ring (bicyclic) bond motifs is 6. The number of anilines is 6. The molecule has 0 radical (unpaired) electrons. The Morgan fingerprint density at radius 2 is 0.633 bits per heavy atom. The lowest BCUT2D eigenvalue weighted by atomic mass is 9.90. The number of hydrogen-bond donors (Lipinski definition) is 13. The van der Waals surface area contributed by atoms with Gasteiger partial charge < -0.3 is 71.3 Å². The monoisotopic (exact) mass is 1940 g/mol. The number of nitrogens with one attached hydrogen (secondary N) is 7. The summed E-state index contributed by atoms with van der Waals surface area (Å²) in [6, 6.07) is 121. The minimum absolute atomic E-state index is 0.0694. The van der Waals surface area contributed by atoms with E-state index in [1.807, 2.05) is 348 Å². The SMILES string of the molecule is CC(Oc1cccc(O)c1C=O)c1cccc(NC(=O)Nc2ccccc2)c1.Cc1ccc(NC(=O)Nc2cccc(COc3ccc4ccccc4c3-c3c(O)c(C=O)cc4ccccc34)c2)cc1.Cc1cccc(NC(=O)Nc2cccc(COc3ccc4ccccc4c3-c3c(O)c(C=O)cc4ccccc34)c2)c1.NC(N)=[NH+]c1cccc(COc2ccc3ccccc3c2-c2c(O)c(C=O)cc3ccccc23)c1. The van der Waals surface area contributed by atoms with Crippen LogP contribution in [0.15, 0.2) is 394 Å². The summed E-state index contributed by atoms with van der Waals surface area (Å²) >= 11 is 0. The van der Waals surface area contributed by atoms with Crippen LogP contribution in [0.5, 0.6) is 46.0 Å². The maximum atomic E-state index is 12.6. The Hall–Kier alpha value is -19.9. The number of carbonyl (C=O) groups is 7. The summed E-state index contributed by atoms with van der Waals surface area (Å²) in [5.41, 5.74) is 26.0. The molecule has 0 aliphatic rings. The summed E-state index contributed by atoms with van der Waals surface area (Å²) in [7, 11) is 0. The van der Waals surface area contributed by atoms with Gasteiger partial charge in [-0.1, -0.05) is 266 Å². The average molecular weight is 1940 g/mol. The fraction of sp³-hybridized carbons (Fsp3) is 0.0569. The van der Waals surface area contributed by atoms with Gasteiger partial charge in [0.05, 0.1) is 27.9 Å². The van der Waals surface area contributed by atoms with Crippen molar-refractivity contribution >= 4 is 154 Å². The molecule has 24 heteroatoms. The molecule has 20 aromatic rings. The molecule has 0 bridgehead atoms. The van der Waals surface area contributed by atoms with Crippen molar-refractivity contribution in [1.82, 2.24) is 0 Å². The zero-order valence-electron chi connectivity index (χ0n) is 80.0. The van der Waals surface area contributed by atoms with Crippen LogP contribution in [0, 0.1) is 13.8 Å². The Morgan fingerprint density at radius 3 is 1.03 bits per heavy atom. The second-order valence-corrected chi connectivity index (χ2v) is 34.6. The van der Waals surface area contributed by atoms with Crippen molar-refractivity contribution in [3.63, 3.8) is 0 Å². The minimum Gasteiger partial charge on any atom is -0.507 e. The van der Waals surface area contributed by atoms with Crippen molar-refractivity contribution in [3.8, 4) is 79.4 Å². The number of guanidine groups is 1. The highest BCUT2D eigenvalue weighted by Crippen LogP contribution is 2.51. The third-order valence-electron chi connectivity index (χ3n) is 24.4. The number of aromatic hydroxyl groups is 4. The van der Waals surface area contributed by atoms with E-state index in [0.29, 0.717) is 110 Å². The molecule has 20 aromatic carbocycles. The molecule has 0 aliphatic carbocycles. The third kappa shape index (κ3) is 23.7. The van der Waals surface area contributed by atoms with Gasteiger partial charge in [-0.25, -0.2) is 19.4 Å². The van der Waals surface area contributed by atoms with Crippen LogP contribution in [0.1, 0.15) is 87.8 Å².